The van der Waals surface area contributed by atoms with Crippen LogP contribution >= 0.6 is 11.8 Å². The third-order valence-electron chi connectivity index (χ3n) is 16.3. The van der Waals surface area contributed by atoms with Gasteiger partial charge in [-0.3, -0.25) is 14.5 Å². The fraction of sp³-hybridized carbons (Fsp3) is 0.508. The molecule has 11 atom stereocenters. The zero-order valence-corrected chi connectivity index (χ0v) is 55.5. The molecule has 0 bridgehead atoms. The zero-order valence-electron chi connectivity index (χ0n) is 51.7. The van der Waals surface area contributed by atoms with Gasteiger partial charge in [0.05, 0.1) is 51.8 Å². The molecule has 16 nitrogen and oxygen atoms in total. The van der Waals surface area contributed by atoms with Gasteiger partial charge < -0.3 is 60.0 Å². The summed E-state index contributed by atoms with van der Waals surface area (Å²) in [5.41, 5.74) is 2.53. The lowest BCUT2D eigenvalue weighted by molar-refractivity contribution is -0.324. The molecule has 2 amide bonds. The largest absolute Gasteiger partial charge is 0.497 e. The molecule has 0 N–H and O–H groups in total. The standard InChI is InChI=1S/C65H87NO15SSi3/c1-41(2)84(42(3)4)73-40-54-57(80-85(81-84,43(5)6)44(7)8)59(79-83(12,13)14)60(65(76-54)82-11)78-63(47-29-31-48(69-9)32-30-47)77-56-53(39-71-37-45-23-17-15-18-24-45)75-64(74-50-35-33-49(70-10)34-36-50)55(58(56)72-38-46-25-19-16-20-26-46)66-61(67)51-27-21-22-28-52(51)62(66)68/h15-36,41-44,53-60,63-65H,37-40H2,1-14H3/t53-,54-,55-,56-,57-,58-,59+,60+,63-,64-,65-/m1/s1. The Morgan fingerprint density at radius 3 is 1.66 bits per heavy atom. The fourth-order valence-corrected chi connectivity index (χ4v) is 25.1. The first-order valence-electron chi connectivity index (χ1n) is 29.7. The Hall–Kier alpha value is -4.76. The van der Waals surface area contributed by atoms with Crippen molar-refractivity contribution in [2.45, 2.75) is 177 Å². The number of imide groups is 1. The van der Waals surface area contributed by atoms with Crippen LogP contribution in [0.4, 0.5) is 0 Å². The van der Waals surface area contributed by atoms with Gasteiger partial charge in [0, 0.05) is 5.56 Å². The van der Waals surface area contributed by atoms with Crippen molar-refractivity contribution in [3.8, 4) is 17.2 Å². The second kappa shape index (κ2) is 28.2. The number of fused-ring (bicyclic) bond motifs is 2. The van der Waals surface area contributed by atoms with Crippen LogP contribution in [0.15, 0.2) is 133 Å². The molecule has 0 aliphatic carbocycles. The molecule has 3 saturated heterocycles. The van der Waals surface area contributed by atoms with Crippen LogP contribution < -0.4 is 14.2 Å². The molecule has 0 saturated carbocycles. The van der Waals surface area contributed by atoms with Crippen molar-refractivity contribution in [2.24, 2.45) is 0 Å². The topological polar surface area (TPSA) is 157 Å². The van der Waals surface area contributed by atoms with Crippen molar-refractivity contribution >= 4 is 49.0 Å². The molecule has 9 rings (SSSR count). The van der Waals surface area contributed by atoms with E-state index in [1.807, 2.05) is 91.2 Å². The van der Waals surface area contributed by atoms with E-state index in [0.29, 0.717) is 22.8 Å². The Morgan fingerprint density at radius 1 is 0.612 bits per heavy atom. The van der Waals surface area contributed by atoms with E-state index >= 15 is 9.59 Å². The Balaban J connectivity index is 1.20. The molecular formula is C65H87NO15SSi3. The summed E-state index contributed by atoms with van der Waals surface area (Å²) in [7, 11) is -5.50. The third-order valence-corrected chi connectivity index (χ3v) is 28.4. The number of hydrogen-bond acceptors (Lipinski definition) is 16. The van der Waals surface area contributed by atoms with E-state index in [0.717, 1.165) is 11.1 Å². The monoisotopic (exact) mass is 1240 g/mol. The van der Waals surface area contributed by atoms with Crippen molar-refractivity contribution in [1.82, 2.24) is 4.90 Å². The molecule has 4 aliphatic heterocycles. The SMILES string of the molecule is COc1ccc(O[C@@H]2O[C@H](COCc3ccccc3)[C@@H](O[C@H](O[C@H]3[C@@H](O[Si](C)(C)C)[C@@H]4O[Si](C(C)C)(C(C)C)O[Si](C(C)C)(C(C)C)OC[C@H]4O[C@@H]3SC)c3ccc(OC)cc3)[C@H](OCc3ccccc3)[C@H]2N2C(=O)c3ccccc3C2=O)cc1. The van der Waals surface area contributed by atoms with Crippen LogP contribution in [0.1, 0.15) is 99.1 Å². The molecule has 0 spiro atoms. The number of carbonyl (C=O) groups is 2. The summed E-state index contributed by atoms with van der Waals surface area (Å²) in [5.74, 6) is 0.535. The lowest BCUT2D eigenvalue weighted by Crippen LogP contribution is -2.71. The van der Waals surface area contributed by atoms with Crippen LogP contribution in [0.2, 0.25) is 41.8 Å². The quantitative estimate of drug-likeness (QED) is 0.0326. The van der Waals surface area contributed by atoms with Gasteiger partial charge in [-0.1, -0.05) is 140 Å². The number of rotatable bonds is 24. The van der Waals surface area contributed by atoms with Crippen molar-refractivity contribution in [2.75, 3.05) is 33.7 Å². The Labute approximate surface area is 510 Å². The highest BCUT2D eigenvalue weighted by Gasteiger charge is 2.63. The number of nitrogens with zero attached hydrogens (tertiary/aromatic N) is 1. The first kappa shape index (κ1) is 64.7. The predicted octanol–water partition coefficient (Wildman–Crippen LogP) is 13.0. The number of hydrogen-bond donors (Lipinski definition) is 0. The maximum atomic E-state index is 15.1. The average Bonchev–Trinajstić information content (AvgIpc) is 1.97. The van der Waals surface area contributed by atoms with Crippen LogP contribution in [0.25, 0.3) is 0 Å². The molecule has 0 aromatic heterocycles. The molecule has 85 heavy (non-hydrogen) atoms. The first-order valence-corrected chi connectivity index (χ1v) is 38.4. The molecule has 4 heterocycles. The number of carbonyl (C=O) groups excluding carboxylic acids is 2. The molecule has 3 fully saturated rings. The second-order valence-electron chi connectivity index (χ2n) is 24.5. The lowest BCUT2D eigenvalue weighted by Gasteiger charge is -2.56. The Morgan fingerprint density at radius 2 is 1.13 bits per heavy atom. The average molecular weight is 1240 g/mol. The van der Waals surface area contributed by atoms with Gasteiger partial charge in [0.2, 0.25) is 6.29 Å². The normalized spacial score (nSPS) is 26.3. The summed E-state index contributed by atoms with van der Waals surface area (Å²) < 4.78 is 92.2. The Bertz CT molecular complexity index is 2900. The van der Waals surface area contributed by atoms with Gasteiger partial charge in [-0.05, 0) is 108 Å². The van der Waals surface area contributed by atoms with E-state index in [2.05, 4.69) is 75.0 Å². The molecular weight excluding hydrogens is 1150 g/mol. The smallest absolute Gasteiger partial charge is 0.335 e. The van der Waals surface area contributed by atoms with Gasteiger partial charge in [0.15, 0.2) is 14.6 Å². The minimum Gasteiger partial charge on any atom is -0.497 e. The Kier molecular flexibility index (Phi) is 21.4. The van der Waals surface area contributed by atoms with Crippen molar-refractivity contribution in [1.29, 1.82) is 0 Å². The molecule has 0 unspecified atom stereocenters. The zero-order chi connectivity index (χ0) is 60.8. The van der Waals surface area contributed by atoms with Crippen LogP contribution in [0.5, 0.6) is 17.2 Å². The molecule has 5 aromatic carbocycles. The van der Waals surface area contributed by atoms with Crippen LogP contribution in [-0.4, -0.2) is 136 Å². The lowest BCUT2D eigenvalue weighted by atomic mass is 9.94. The number of benzene rings is 5. The van der Waals surface area contributed by atoms with Crippen LogP contribution in [0, 0.1) is 0 Å². The molecule has 20 heteroatoms. The van der Waals surface area contributed by atoms with Gasteiger partial charge in [-0.15, -0.1) is 11.8 Å². The molecule has 5 aromatic rings. The van der Waals surface area contributed by atoms with Gasteiger partial charge in [0.1, 0.15) is 71.5 Å². The minimum absolute atomic E-state index is 0.0209. The van der Waals surface area contributed by atoms with Crippen molar-refractivity contribution < 1.29 is 69.6 Å². The van der Waals surface area contributed by atoms with E-state index in [9.17, 15) is 0 Å². The van der Waals surface area contributed by atoms with Gasteiger partial charge in [-0.25, -0.2) is 0 Å². The number of ether oxygens (including phenoxy) is 9. The summed E-state index contributed by atoms with van der Waals surface area (Å²) >= 11 is 1.51. The summed E-state index contributed by atoms with van der Waals surface area (Å²) in [6.45, 7) is 24.6. The van der Waals surface area contributed by atoms with E-state index < -0.39 is 104 Å². The highest BCUT2D eigenvalue weighted by molar-refractivity contribution is 7.99. The highest BCUT2D eigenvalue weighted by atomic mass is 32.2. The highest BCUT2D eigenvalue weighted by Crippen LogP contribution is 2.50. The van der Waals surface area contributed by atoms with Crippen molar-refractivity contribution in [3.05, 3.63) is 161 Å². The molecule has 0 radical (unpaired) electrons. The third kappa shape index (κ3) is 14.4. The summed E-state index contributed by atoms with van der Waals surface area (Å²) in [5, 5.41) is 0. The second-order valence-corrected chi connectivity index (χ2v) is 38.7. The summed E-state index contributed by atoms with van der Waals surface area (Å²) in [6, 6.07) is 39.6. The molecule has 460 valence electrons. The number of methoxy groups -OCH3 is 2. The van der Waals surface area contributed by atoms with E-state index in [1.54, 1.807) is 62.8 Å². The predicted molar refractivity (Wildman–Crippen MR) is 334 cm³/mol. The maximum Gasteiger partial charge on any atom is 0.335 e. The molecule has 4 aliphatic rings. The van der Waals surface area contributed by atoms with Crippen LogP contribution in [0.3, 0.4) is 0 Å². The van der Waals surface area contributed by atoms with E-state index in [1.165, 1.54) is 16.7 Å². The van der Waals surface area contributed by atoms with Gasteiger partial charge in [0.25, 0.3) is 11.8 Å². The van der Waals surface area contributed by atoms with Crippen LogP contribution in [-0.2, 0) is 59.0 Å². The summed E-state index contributed by atoms with van der Waals surface area (Å²) in [6.07, 6.45) is -6.71. The number of amides is 2. The maximum absolute atomic E-state index is 15.1. The van der Waals surface area contributed by atoms with Gasteiger partial charge in [-0.2, -0.15) is 0 Å². The summed E-state index contributed by atoms with van der Waals surface area (Å²) in [4.78, 5) is 31.4. The van der Waals surface area contributed by atoms with Gasteiger partial charge >= 0.3 is 17.1 Å². The van der Waals surface area contributed by atoms with E-state index in [-0.39, 0.29) is 59.7 Å². The van der Waals surface area contributed by atoms with E-state index in [4.69, 9.17) is 60.0 Å². The number of thioether (sulfide) groups is 1. The minimum atomic E-state index is -3.25. The fourth-order valence-electron chi connectivity index (χ4n) is 12.1. The van der Waals surface area contributed by atoms with Crippen molar-refractivity contribution in [3.63, 3.8) is 0 Å². The first-order chi connectivity index (χ1) is 40.7.